The van der Waals surface area contributed by atoms with Gasteiger partial charge in [0, 0.05) is 56.4 Å². The van der Waals surface area contributed by atoms with Crippen LogP contribution in [0.4, 0.5) is 10.2 Å². The van der Waals surface area contributed by atoms with E-state index in [1.807, 2.05) is 32.0 Å². The number of anilines is 1. The molecule has 12 heteroatoms. The molecule has 4 aromatic rings. The van der Waals surface area contributed by atoms with E-state index >= 15 is 4.39 Å². The topological polar surface area (TPSA) is 129 Å². The van der Waals surface area contributed by atoms with E-state index in [9.17, 15) is 10.1 Å². The van der Waals surface area contributed by atoms with Crippen LogP contribution in [0.3, 0.4) is 0 Å². The molecule has 0 unspecified atom stereocenters. The minimum absolute atomic E-state index is 0.127. The molecule has 2 fully saturated rings. The van der Waals surface area contributed by atoms with Crippen molar-refractivity contribution < 1.29 is 13.9 Å². The van der Waals surface area contributed by atoms with Gasteiger partial charge in [-0.05, 0) is 64.1 Å². The van der Waals surface area contributed by atoms with E-state index in [0.717, 1.165) is 26.2 Å². The number of carbonyl (C=O) groups is 1. The maximum atomic E-state index is 15.6. The lowest BCUT2D eigenvalue weighted by Crippen LogP contribution is -2.53. The van der Waals surface area contributed by atoms with Crippen LogP contribution in [0.5, 0.6) is 11.5 Å². The first-order chi connectivity index (χ1) is 22.1. The molecule has 0 bridgehead atoms. The Bertz CT molecular complexity index is 1810. The van der Waals surface area contributed by atoms with Gasteiger partial charge < -0.3 is 20.3 Å². The molecule has 0 spiro atoms. The summed E-state index contributed by atoms with van der Waals surface area (Å²) in [5.41, 5.74) is 6.99. The zero-order valence-electron chi connectivity index (χ0n) is 26.4. The van der Waals surface area contributed by atoms with Crippen molar-refractivity contribution in [2.24, 2.45) is 0 Å². The predicted molar refractivity (Wildman–Crippen MR) is 173 cm³/mol. The molecule has 46 heavy (non-hydrogen) atoms. The van der Waals surface area contributed by atoms with Crippen molar-refractivity contribution in [2.75, 3.05) is 52.0 Å². The second kappa shape index (κ2) is 12.9. The molecule has 2 N–H and O–H groups in total. The van der Waals surface area contributed by atoms with E-state index < -0.39 is 11.4 Å². The van der Waals surface area contributed by atoms with Gasteiger partial charge in [0.25, 0.3) is 5.91 Å². The monoisotopic (exact) mass is 623 g/mol. The van der Waals surface area contributed by atoms with Crippen molar-refractivity contribution in [1.29, 1.82) is 5.26 Å². The number of halogens is 1. The number of piperidine rings is 1. The standard InChI is InChI=1S/C34H38FN9O2/c1-34(2,43-16-14-41(3)15-17-43)19-23(20-36)33(45)42-13-7-8-24(21-42)44-32-29(31(37)38-22-39-32)30(40-44)27-12-11-26(18-28(27)35)46-25-9-5-4-6-10-25/h4-6,9-12,18-19,22,24H,7-8,13-17,21H2,1-3H3,(H2,37,38,39)/b23-19-/t24-/m0/s1. The number of ether oxygens (including phenoxy) is 1. The number of rotatable bonds is 7. The average Bonchev–Trinajstić information content (AvgIpc) is 3.45. The molecule has 2 saturated heterocycles. The number of fused-ring (bicyclic) bond motifs is 1. The summed E-state index contributed by atoms with van der Waals surface area (Å²) in [6.45, 7) is 8.52. The molecular formula is C34H38FN9O2. The molecule has 6 rings (SSSR count). The van der Waals surface area contributed by atoms with Gasteiger partial charge in [0.05, 0.1) is 11.4 Å². The lowest BCUT2D eigenvalue weighted by molar-refractivity contribution is -0.128. The highest BCUT2D eigenvalue weighted by atomic mass is 19.1. The molecule has 11 nitrogen and oxygen atoms in total. The summed E-state index contributed by atoms with van der Waals surface area (Å²) in [5, 5.41) is 15.3. The zero-order valence-corrected chi connectivity index (χ0v) is 26.4. The van der Waals surface area contributed by atoms with Crippen molar-refractivity contribution >= 4 is 22.8 Å². The molecular weight excluding hydrogens is 585 g/mol. The van der Waals surface area contributed by atoms with Crippen LogP contribution in [0.15, 0.2) is 66.5 Å². The Labute approximate surface area is 267 Å². The largest absolute Gasteiger partial charge is 0.457 e. The normalized spacial score (nSPS) is 18.5. The molecule has 2 aliphatic rings. The number of likely N-dealkylation sites (N-methyl/N-ethyl adjacent to an activating group) is 1. The number of hydrogen-bond acceptors (Lipinski definition) is 9. The Morgan fingerprint density at radius 1 is 1.09 bits per heavy atom. The van der Waals surface area contributed by atoms with Crippen LogP contribution in [0.1, 0.15) is 32.7 Å². The maximum absolute atomic E-state index is 15.6. The number of piperazine rings is 1. The van der Waals surface area contributed by atoms with Crippen molar-refractivity contribution in [3.8, 4) is 28.8 Å². The fraction of sp³-hybridized carbons (Fsp3) is 0.382. The number of para-hydroxylation sites is 1. The van der Waals surface area contributed by atoms with Gasteiger partial charge in [-0.25, -0.2) is 19.0 Å². The Morgan fingerprint density at radius 2 is 1.85 bits per heavy atom. The molecule has 238 valence electrons. The Kier molecular flexibility index (Phi) is 8.71. The number of hydrogen-bond donors (Lipinski definition) is 1. The molecule has 4 heterocycles. The summed E-state index contributed by atoms with van der Waals surface area (Å²) in [7, 11) is 2.09. The minimum atomic E-state index is -0.532. The molecule has 2 aromatic heterocycles. The summed E-state index contributed by atoms with van der Waals surface area (Å²) in [4.78, 5) is 28.7. The quantitative estimate of drug-likeness (QED) is 0.231. The summed E-state index contributed by atoms with van der Waals surface area (Å²) in [6, 6.07) is 15.6. The lowest BCUT2D eigenvalue weighted by Gasteiger charge is -2.42. The van der Waals surface area contributed by atoms with E-state index in [0.29, 0.717) is 54.2 Å². The van der Waals surface area contributed by atoms with Crippen LogP contribution in [0.25, 0.3) is 22.3 Å². The average molecular weight is 624 g/mol. The molecule has 0 radical (unpaired) electrons. The van der Waals surface area contributed by atoms with Crippen LogP contribution in [-0.4, -0.2) is 92.2 Å². The maximum Gasteiger partial charge on any atom is 0.264 e. The minimum Gasteiger partial charge on any atom is -0.457 e. The predicted octanol–water partition coefficient (Wildman–Crippen LogP) is 4.65. The number of nitriles is 1. The van der Waals surface area contributed by atoms with Crippen LogP contribution < -0.4 is 10.5 Å². The number of nitrogens with zero attached hydrogens (tertiary/aromatic N) is 8. The third-order valence-corrected chi connectivity index (χ3v) is 8.89. The number of benzene rings is 2. The molecule has 1 atom stereocenters. The number of nitrogens with two attached hydrogens (primary N) is 1. The van der Waals surface area contributed by atoms with Crippen molar-refractivity contribution in [1.82, 2.24) is 34.4 Å². The number of likely N-dealkylation sites (tertiary alicyclic amines) is 1. The zero-order chi connectivity index (χ0) is 32.4. The second-order valence-electron chi connectivity index (χ2n) is 12.5. The summed E-state index contributed by atoms with van der Waals surface area (Å²) < 4.78 is 23.2. The fourth-order valence-electron chi connectivity index (χ4n) is 6.29. The third kappa shape index (κ3) is 6.29. The van der Waals surface area contributed by atoms with E-state index in [2.05, 4.69) is 32.9 Å². The Hall–Kier alpha value is -4.86. The van der Waals surface area contributed by atoms with Crippen LogP contribution >= 0.6 is 0 Å². The second-order valence-corrected chi connectivity index (χ2v) is 12.5. The summed E-state index contributed by atoms with van der Waals surface area (Å²) in [6.07, 6.45) is 4.58. The van der Waals surface area contributed by atoms with Gasteiger partial charge in [-0.3, -0.25) is 9.69 Å². The van der Waals surface area contributed by atoms with Crippen LogP contribution in [-0.2, 0) is 4.79 Å². The van der Waals surface area contributed by atoms with E-state index in [1.165, 1.54) is 12.4 Å². The lowest BCUT2D eigenvalue weighted by atomic mass is 9.96. The smallest absolute Gasteiger partial charge is 0.264 e. The SMILES string of the molecule is CN1CCN(C(C)(C)/C=C(/C#N)C(=O)N2CCC[C@H](n3nc(-c4ccc(Oc5ccccc5)cc4F)c4c(N)ncnc43)C2)CC1. The molecule has 2 aliphatic heterocycles. The Morgan fingerprint density at radius 3 is 2.57 bits per heavy atom. The van der Waals surface area contributed by atoms with Gasteiger partial charge in [-0.1, -0.05) is 18.2 Å². The highest BCUT2D eigenvalue weighted by Crippen LogP contribution is 2.36. The van der Waals surface area contributed by atoms with Gasteiger partial charge in [0.1, 0.15) is 46.8 Å². The third-order valence-electron chi connectivity index (χ3n) is 8.89. The number of amides is 1. The molecule has 1 amide bonds. The van der Waals surface area contributed by atoms with Crippen LogP contribution in [0, 0.1) is 17.1 Å². The van der Waals surface area contributed by atoms with Crippen LogP contribution in [0.2, 0.25) is 0 Å². The van der Waals surface area contributed by atoms with Gasteiger partial charge >= 0.3 is 0 Å². The molecule has 0 aliphatic carbocycles. The van der Waals surface area contributed by atoms with Crippen molar-refractivity contribution in [2.45, 2.75) is 38.3 Å². The van der Waals surface area contributed by atoms with E-state index in [1.54, 1.807) is 39.9 Å². The molecule has 0 saturated carbocycles. The van der Waals surface area contributed by atoms with Gasteiger partial charge in [0.2, 0.25) is 0 Å². The van der Waals surface area contributed by atoms with Gasteiger partial charge in [0.15, 0.2) is 5.65 Å². The van der Waals surface area contributed by atoms with Crippen molar-refractivity contribution in [3.05, 3.63) is 72.3 Å². The first-order valence-electron chi connectivity index (χ1n) is 15.5. The van der Waals surface area contributed by atoms with E-state index in [4.69, 9.17) is 15.6 Å². The Balaban J connectivity index is 1.27. The molecule has 2 aromatic carbocycles. The van der Waals surface area contributed by atoms with Crippen molar-refractivity contribution in [3.63, 3.8) is 0 Å². The highest BCUT2D eigenvalue weighted by molar-refractivity contribution is 5.99. The number of carbonyl (C=O) groups excluding carboxylic acids is 1. The number of aromatic nitrogens is 4. The van der Waals surface area contributed by atoms with E-state index in [-0.39, 0.29) is 28.9 Å². The number of nitrogen functional groups attached to an aromatic ring is 1. The first kappa shape index (κ1) is 31.1. The first-order valence-corrected chi connectivity index (χ1v) is 15.5. The van der Waals surface area contributed by atoms with Gasteiger partial charge in [-0.15, -0.1) is 0 Å². The fourth-order valence-corrected chi connectivity index (χ4v) is 6.29. The highest BCUT2D eigenvalue weighted by Gasteiger charge is 2.33. The van der Waals surface area contributed by atoms with Gasteiger partial charge in [-0.2, -0.15) is 10.4 Å². The summed E-state index contributed by atoms with van der Waals surface area (Å²) in [5.74, 6) is 0.283. The summed E-state index contributed by atoms with van der Waals surface area (Å²) >= 11 is 0.